The smallest absolute Gasteiger partial charge is 0.313 e. The summed E-state index contributed by atoms with van der Waals surface area (Å²) in [5.74, 6) is 0.225. The number of fused-ring (bicyclic) bond motifs is 1. The summed E-state index contributed by atoms with van der Waals surface area (Å²) in [6, 6.07) is 2.06. The third-order valence-electron chi connectivity index (χ3n) is 6.36. The van der Waals surface area contributed by atoms with Gasteiger partial charge in [-0.15, -0.1) is 0 Å². The summed E-state index contributed by atoms with van der Waals surface area (Å²) in [6.07, 6.45) is 13.5. The highest BCUT2D eigenvalue weighted by atomic mass is 16.5. The molecule has 0 aliphatic heterocycles. The van der Waals surface area contributed by atoms with Gasteiger partial charge in [-0.25, -0.2) is 9.97 Å². The van der Waals surface area contributed by atoms with Gasteiger partial charge in [0.1, 0.15) is 18.3 Å². The summed E-state index contributed by atoms with van der Waals surface area (Å²) >= 11 is 0. The fourth-order valence-corrected chi connectivity index (χ4v) is 4.73. The fraction of sp³-hybridized carbons (Fsp3) is 0.522. The molecule has 0 radical (unpaired) electrons. The van der Waals surface area contributed by atoms with Gasteiger partial charge in [0.05, 0.1) is 30.5 Å². The molecule has 8 heteroatoms. The van der Waals surface area contributed by atoms with Crippen molar-refractivity contribution >= 4 is 23.3 Å². The van der Waals surface area contributed by atoms with Gasteiger partial charge in [0.15, 0.2) is 0 Å². The zero-order valence-corrected chi connectivity index (χ0v) is 18.3. The van der Waals surface area contributed by atoms with Gasteiger partial charge in [-0.3, -0.25) is 9.48 Å². The van der Waals surface area contributed by atoms with Crippen LogP contribution in [-0.4, -0.2) is 43.7 Å². The second-order valence-corrected chi connectivity index (χ2v) is 9.00. The highest BCUT2D eigenvalue weighted by Crippen LogP contribution is 2.36. The molecule has 31 heavy (non-hydrogen) atoms. The number of aromatic nitrogens is 5. The first-order chi connectivity index (χ1) is 14.9. The first kappa shape index (κ1) is 21.2. The molecule has 1 atom stereocenters. The number of carbonyl (C=O) groups excluding carboxylic acids is 2. The van der Waals surface area contributed by atoms with Crippen LogP contribution in [0.15, 0.2) is 31.0 Å². The summed E-state index contributed by atoms with van der Waals surface area (Å²) in [5, 5.41) is 5.49. The predicted molar refractivity (Wildman–Crippen MR) is 116 cm³/mol. The maximum atomic E-state index is 12.1. The lowest BCUT2D eigenvalue weighted by molar-refractivity contribution is -0.151. The van der Waals surface area contributed by atoms with Crippen LogP contribution in [0.3, 0.4) is 0 Å². The third-order valence-corrected chi connectivity index (χ3v) is 6.36. The van der Waals surface area contributed by atoms with Crippen molar-refractivity contribution in [3.63, 3.8) is 0 Å². The molecule has 8 nitrogen and oxygen atoms in total. The highest BCUT2D eigenvalue weighted by molar-refractivity contribution is 5.90. The maximum absolute atomic E-state index is 12.1. The molecule has 0 aromatic carbocycles. The predicted octanol–water partition coefficient (Wildman–Crippen LogP) is 3.81. The van der Waals surface area contributed by atoms with E-state index in [4.69, 9.17) is 4.74 Å². The monoisotopic (exact) mass is 423 g/mol. The molecule has 3 aromatic rings. The van der Waals surface area contributed by atoms with Crippen molar-refractivity contribution in [1.82, 2.24) is 24.3 Å². The number of aldehydes is 1. The Balaban J connectivity index is 1.66. The molecule has 3 heterocycles. The molecular formula is C23H29N5O3. The van der Waals surface area contributed by atoms with Crippen molar-refractivity contribution in [1.29, 1.82) is 0 Å². The van der Waals surface area contributed by atoms with E-state index in [0.29, 0.717) is 18.9 Å². The maximum Gasteiger partial charge on any atom is 0.313 e. The largest absolute Gasteiger partial charge is 0.469 e. The lowest BCUT2D eigenvalue weighted by Gasteiger charge is -2.22. The SMILES string of the molecule is COC(=O)C(C)(C)Cn1ccc2c(-c3cnn(C(CC=O)C4CCCC4)c3)ncnc21. The summed E-state index contributed by atoms with van der Waals surface area (Å²) in [6.45, 7) is 4.15. The normalized spacial score (nSPS) is 16.0. The molecule has 1 saturated carbocycles. The number of hydrogen-bond acceptors (Lipinski definition) is 6. The first-order valence-electron chi connectivity index (χ1n) is 10.8. The quantitative estimate of drug-likeness (QED) is 0.404. The van der Waals surface area contributed by atoms with E-state index in [-0.39, 0.29) is 12.0 Å². The van der Waals surface area contributed by atoms with Gasteiger partial charge in [-0.1, -0.05) is 12.8 Å². The van der Waals surface area contributed by atoms with Crippen LogP contribution in [0.1, 0.15) is 52.0 Å². The fourth-order valence-electron chi connectivity index (χ4n) is 4.73. The molecule has 0 N–H and O–H groups in total. The van der Waals surface area contributed by atoms with Crippen molar-refractivity contribution in [3.05, 3.63) is 31.0 Å². The van der Waals surface area contributed by atoms with Crippen LogP contribution in [0, 0.1) is 11.3 Å². The van der Waals surface area contributed by atoms with Crippen molar-refractivity contribution < 1.29 is 14.3 Å². The molecule has 164 valence electrons. The lowest BCUT2D eigenvalue weighted by atomic mass is 9.94. The Labute approximate surface area is 181 Å². The van der Waals surface area contributed by atoms with Gasteiger partial charge in [0.2, 0.25) is 0 Å². The minimum atomic E-state index is -0.681. The second kappa shape index (κ2) is 8.61. The van der Waals surface area contributed by atoms with Crippen molar-refractivity contribution in [2.24, 2.45) is 11.3 Å². The molecule has 1 fully saturated rings. The number of methoxy groups -OCH3 is 1. The van der Waals surface area contributed by atoms with Gasteiger partial charge < -0.3 is 14.1 Å². The number of rotatable bonds is 8. The topological polar surface area (TPSA) is 91.9 Å². The van der Waals surface area contributed by atoms with Crippen molar-refractivity contribution in [2.45, 2.75) is 58.5 Å². The van der Waals surface area contributed by atoms with E-state index < -0.39 is 5.41 Å². The van der Waals surface area contributed by atoms with E-state index in [2.05, 4.69) is 15.1 Å². The Bertz CT molecular complexity index is 1080. The Hall–Kier alpha value is -3.03. The van der Waals surface area contributed by atoms with E-state index in [0.717, 1.165) is 41.4 Å². The van der Waals surface area contributed by atoms with Crippen molar-refractivity contribution in [2.75, 3.05) is 7.11 Å². The molecule has 4 rings (SSSR count). The Morgan fingerprint density at radius 1 is 1.32 bits per heavy atom. The Morgan fingerprint density at radius 3 is 2.81 bits per heavy atom. The molecule has 0 bridgehead atoms. The van der Waals surface area contributed by atoms with Crippen LogP contribution < -0.4 is 0 Å². The van der Waals surface area contributed by atoms with E-state index >= 15 is 0 Å². The molecule has 3 aromatic heterocycles. The molecule has 0 amide bonds. The van der Waals surface area contributed by atoms with Crippen molar-refractivity contribution in [3.8, 4) is 11.3 Å². The first-order valence-corrected chi connectivity index (χ1v) is 10.8. The van der Waals surface area contributed by atoms with Gasteiger partial charge in [0, 0.05) is 36.3 Å². The summed E-state index contributed by atoms with van der Waals surface area (Å²) in [7, 11) is 1.40. The zero-order chi connectivity index (χ0) is 22.0. The number of carbonyl (C=O) groups is 2. The summed E-state index contributed by atoms with van der Waals surface area (Å²) in [5.41, 5.74) is 1.77. The zero-order valence-electron chi connectivity index (χ0n) is 18.3. The number of ether oxygens (including phenoxy) is 1. The molecule has 0 saturated heterocycles. The van der Waals surface area contributed by atoms with Gasteiger partial charge in [0.25, 0.3) is 0 Å². The minimum Gasteiger partial charge on any atom is -0.469 e. The number of hydrogen-bond donors (Lipinski definition) is 0. The standard InChI is InChI=1S/C23H29N5O3/c1-23(2,22(30)31-3)14-27-10-8-18-20(24-15-25-21(18)27)17-12-26-28(13-17)19(9-11-29)16-6-4-5-7-16/h8,10-13,15-16,19H,4-7,9,14H2,1-3H3. The minimum absolute atomic E-state index is 0.0940. The van der Waals surface area contributed by atoms with Crippen LogP contribution in [0.2, 0.25) is 0 Å². The van der Waals surface area contributed by atoms with Gasteiger partial charge >= 0.3 is 5.97 Å². The Kier molecular flexibility index (Phi) is 5.89. The van der Waals surface area contributed by atoms with Crippen LogP contribution in [0.5, 0.6) is 0 Å². The Morgan fingerprint density at radius 2 is 2.10 bits per heavy atom. The van der Waals surface area contributed by atoms with E-state index in [1.165, 1.54) is 26.3 Å². The van der Waals surface area contributed by atoms with Gasteiger partial charge in [-0.2, -0.15) is 5.10 Å². The average molecular weight is 424 g/mol. The summed E-state index contributed by atoms with van der Waals surface area (Å²) < 4.78 is 8.82. The van der Waals surface area contributed by atoms with Gasteiger partial charge in [-0.05, 0) is 38.7 Å². The molecule has 1 aliphatic rings. The van der Waals surface area contributed by atoms with E-state index in [9.17, 15) is 9.59 Å². The number of nitrogens with zero attached hydrogens (tertiary/aromatic N) is 5. The molecule has 1 aliphatic carbocycles. The second-order valence-electron chi connectivity index (χ2n) is 9.00. The van der Waals surface area contributed by atoms with E-state index in [1.54, 1.807) is 0 Å². The summed E-state index contributed by atoms with van der Waals surface area (Å²) in [4.78, 5) is 32.4. The van der Waals surface area contributed by atoms with Crippen LogP contribution in [0.4, 0.5) is 0 Å². The molecule has 1 unspecified atom stereocenters. The van der Waals surface area contributed by atoms with Crippen LogP contribution in [0.25, 0.3) is 22.3 Å². The molecular weight excluding hydrogens is 394 g/mol. The molecule has 0 spiro atoms. The van der Waals surface area contributed by atoms with Crippen LogP contribution in [-0.2, 0) is 20.9 Å². The van der Waals surface area contributed by atoms with E-state index in [1.807, 2.05) is 47.8 Å². The highest BCUT2D eigenvalue weighted by Gasteiger charge is 2.30. The number of esters is 1. The third kappa shape index (κ3) is 4.11. The lowest BCUT2D eigenvalue weighted by Crippen LogP contribution is -2.30. The average Bonchev–Trinajstić information content (AvgIpc) is 3.52. The van der Waals surface area contributed by atoms with Crippen LogP contribution >= 0.6 is 0 Å².